The molecule has 1 aromatic carbocycles. The minimum atomic E-state index is -0.812. The normalized spacial score (nSPS) is 12.7. The van der Waals surface area contributed by atoms with Crippen LogP contribution in [0.15, 0.2) is 53.7 Å². The van der Waals surface area contributed by atoms with E-state index in [-0.39, 0.29) is 0 Å². The summed E-state index contributed by atoms with van der Waals surface area (Å²) >= 11 is 0. The molecule has 0 aliphatic rings. The highest BCUT2D eigenvalue weighted by atomic mass is 32.3. The summed E-state index contributed by atoms with van der Waals surface area (Å²) in [5.41, 5.74) is 2.80. The summed E-state index contributed by atoms with van der Waals surface area (Å²) in [6.07, 6.45) is 9.79. The fraction of sp³-hybridized carbons (Fsp3) is 0.389. The Morgan fingerprint density at radius 2 is 1.80 bits per heavy atom. The molecule has 1 aromatic heterocycles. The fourth-order valence-electron chi connectivity index (χ4n) is 2.47. The second-order valence-electron chi connectivity index (χ2n) is 6.29. The van der Waals surface area contributed by atoms with E-state index in [4.69, 9.17) is 0 Å². The first-order valence-electron chi connectivity index (χ1n) is 7.16. The molecule has 2 heteroatoms. The van der Waals surface area contributed by atoms with Gasteiger partial charge in [0.2, 0.25) is 0 Å². The molecule has 108 valence electrons. The first-order valence-corrected chi connectivity index (χ1v) is 9.78. The van der Waals surface area contributed by atoms with Gasteiger partial charge in [0.05, 0.1) is 0 Å². The Bertz CT molecular complexity index is 546. The minimum absolute atomic E-state index is 0.710. The van der Waals surface area contributed by atoms with E-state index in [2.05, 4.69) is 61.7 Å². The molecular weight excluding hydrogens is 262 g/mol. The molecule has 0 bridgehead atoms. The number of benzene rings is 1. The van der Waals surface area contributed by atoms with E-state index in [1.54, 1.807) is 0 Å². The van der Waals surface area contributed by atoms with Gasteiger partial charge >= 0.3 is 0 Å². The van der Waals surface area contributed by atoms with E-state index in [0.717, 1.165) is 12.2 Å². The largest absolute Gasteiger partial charge is 0.264 e. The lowest BCUT2D eigenvalue weighted by Crippen LogP contribution is -2.02. The van der Waals surface area contributed by atoms with E-state index in [1.165, 1.54) is 16.0 Å². The third kappa shape index (κ3) is 4.11. The standard InChI is InChI=1S/C18H25NS/c1-15(2)11-16-7-5-9-18(12-16)20(3,4)14-17-8-6-10-19-13-17/h5-10,12-13,15H,11,14H2,1-4H3. The van der Waals surface area contributed by atoms with E-state index < -0.39 is 10.0 Å². The monoisotopic (exact) mass is 287 g/mol. The van der Waals surface area contributed by atoms with Gasteiger partial charge in [-0.15, -0.1) is 0 Å². The third-order valence-corrected chi connectivity index (χ3v) is 6.02. The second kappa shape index (κ2) is 6.45. The van der Waals surface area contributed by atoms with Crippen LogP contribution in [0.5, 0.6) is 0 Å². The molecule has 0 aliphatic carbocycles. The van der Waals surface area contributed by atoms with Crippen LogP contribution in [-0.2, 0) is 12.2 Å². The van der Waals surface area contributed by atoms with Gasteiger partial charge in [-0.2, -0.15) is 0 Å². The van der Waals surface area contributed by atoms with E-state index in [9.17, 15) is 0 Å². The van der Waals surface area contributed by atoms with Crippen LogP contribution in [-0.4, -0.2) is 17.5 Å². The van der Waals surface area contributed by atoms with Gasteiger partial charge in [0.25, 0.3) is 0 Å². The van der Waals surface area contributed by atoms with E-state index in [1.807, 2.05) is 18.5 Å². The number of hydrogen-bond acceptors (Lipinski definition) is 1. The molecule has 2 rings (SSSR count). The summed E-state index contributed by atoms with van der Waals surface area (Å²) in [5.74, 6) is 1.81. The lowest BCUT2D eigenvalue weighted by molar-refractivity contribution is 0.646. The Morgan fingerprint density at radius 1 is 1.05 bits per heavy atom. The predicted octanol–water partition coefficient (Wildman–Crippen LogP) is 4.90. The number of pyridine rings is 1. The molecule has 0 atom stereocenters. The van der Waals surface area contributed by atoms with Gasteiger partial charge in [0.1, 0.15) is 0 Å². The summed E-state index contributed by atoms with van der Waals surface area (Å²) < 4.78 is 0. The molecule has 0 unspecified atom stereocenters. The maximum Gasteiger partial charge on any atom is 0.0307 e. The molecule has 0 saturated carbocycles. The van der Waals surface area contributed by atoms with Gasteiger partial charge in [-0.1, -0.05) is 38.1 Å². The van der Waals surface area contributed by atoms with E-state index in [0.29, 0.717) is 5.92 Å². The minimum Gasteiger partial charge on any atom is -0.264 e. The van der Waals surface area contributed by atoms with Gasteiger partial charge < -0.3 is 0 Å². The van der Waals surface area contributed by atoms with Gasteiger partial charge in [-0.25, -0.2) is 10.0 Å². The molecule has 0 saturated heterocycles. The molecule has 0 spiro atoms. The number of hydrogen-bond donors (Lipinski definition) is 0. The molecule has 0 radical (unpaired) electrons. The molecule has 1 nitrogen and oxygen atoms in total. The average molecular weight is 287 g/mol. The SMILES string of the molecule is CC(C)Cc1cccc(S(C)(C)Cc2cccnc2)c1. The molecular formula is C18H25NS. The molecule has 0 N–H and O–H groups in total. The molecule has 1 heterocycles. The van der Waals surface area contributed by atoms with Crippen molar-refractivity contribution in [1.82, 2.24) is 4.98 Å². The van der Waals surface area contributed by atoms with Crippen molar-refractivity contribution in [1.29, 1.82) is 0 Å². The van der Waals surface area contributed by atoms with Crippen LogP contribution in [0.4, 0.5) is 0 Å². The number of nitrogens with zero attached hydrogens (tertiary/aromatic N) is 1. The van der Waals surface area contributed by atoms with Crippen molar-refractivity contribution in [2.24, 2.45) is 5.92 Å². The Hall–Kier alpha value is -1.28. The smallest absolute Gasteiger partial charge is 0.0307 e. The lowest BCUT2D eigenvalue weighted by atomic mass is 10.0. The van der Waals surface area contributed by atoms with Crippen molar-refractivity contribution < 1.29 is 0 Å². The number of aromatic nitrogens is 1. The van der Waals surface area contributed by atoms with Crippen LogP contribution in [0.3, 0.4) is 0 Å². The maximum absolute atomic E-state index is 4.23. The van der Waals surface area contributed by atoms with Crippen LogP contribution in [0.2, 0.25) is 0 Å². The summed E-state index contributed by atoms with van der Waals surface area (Å²) in [6.45, 7) is 4.56. The van der Waals surface area contributed by atoms with Crippen molar-refractivity contribution in [3.05, 3.63) is 59.9 Å². The highest BCUT2D eigenvalue weighted by Gasteiger charge is 2.16. The van der Waals surface area contributed by atoms with Gasteiger partial charge in [-0.3, -0.25) is 4.98 Å². The zero-order valence-electron chi connectivity index (χ0n) is 13.0. The Labute approximate surface area is 124 Å². The second-order valence-corrected chi connectivity index (χ2v) is 10.1. The van der Waals surface area contributed by atoms with E-state index >= 15 is 0 Å². The van der Waals surface area contributed by atoms with Crippen LogP contribution in [0, 0.1) is 5.92 Å². The first kappa shape index (κ1) is 15.1. The van der Waals surface area contributed by atoms with Crippen molar-refractivity contribution in [2.45, 2.75) is 30.9 Å². The van der Waals surface area contributed by atoms with Crippen LogP contribution >= 0.6 is 10.0 Å². The van der Waals surface area contributed by atoms with Gasteiger partial charge in [0, 0.05) is 18.1 Å². The predicted molar refractivity (Wildman–Crippen MR) is 90.6 cm³/mol. The molecule has 2 aromatic rings. The van der Waals surface area contributed by atoms with Gasteiger partial charge in [0.15, 0.2) is 0 Å². The summed E-state index contributed by atoms with van der Waals surface area (Å²) in [7, 11) is -0.812. The topological polar surface area (TPSA) is 12.9 Å². The summed E-state index contributed by atoms with van der Waals surface area (Å²) in [6, 6.07) is 13.4. The Morgan fingerprint density at radius 3 is 2.45 bits per heavy atom. The van der Waals surface area contributed by atoms with Crippen molar-refractivity contribution in [3.63, 3.8) is 0 Å². The maximum atomic E-state index is 4.23. The van der Waals surface area contributed by atoms with Crippen molar-refractivity contribution in [3.8, 4) is 0 Å². The zero-order chi connectivity index (χ0) is 14.6. The lowest BCUT2D eigenvalue weighted by Gasteiger charge is -2.32. The number of rotatable bonds is 5. The Balaban J connectivity index is 2.20. The van der Waals surface area contributed by atoms with Crippen LogP contribution in [0.1, 0.15) is 25.0 Å². The summed E-state index contributed by atoms with van der Waals surface area (Å²) in [4.78, 5) is 5.73. The highest BCUT2D eigenvalue weighted by Crippen LogP contribution is 2.52. The van der Waals surface area contributed by atoms with Crippen LogP contribution in [0.25, 0.3) is 0 Å². The molecule has 0 aliphatic heterocycles. The van der Waals surface area contributed by atoms with Gasteiger partial charge in [-0.05, 0) is 53.0 Å². The first-order chi connectivity index (χ1) is 9.47. The Kier molecular flexibility index (Phi) is 4.87. The zero-order valence-corrected chi connectivity index (χ0v) is 13.8. The fourth-order valence-corrected chi connectivity index (χ4v) is 4.56. The summed E-state index contributed by atoms with van der Waals surface area (Å²) in [5, 5.41) is 0. The van der Waals surface area contributed by atoms with Crippen LogP contribution < -0.4 is 0 Å². The molecule has 20 heavy (non-hydrogen) atoms. The third-order valence-electron chi connectivity index (χ3n) is 3.43. The highest BCUT2D eigenvalue weighted by molar-refractivity contribution is 8.32. The average Bonchev–Trinajstić information content (AvgIpc) is 2.39. The molecule has 0 amide bonds. The van der Waals surface area contributed by atoms with Crippen molar-refractivity contribution in [2.75, 3.05) is 12.5 Å². The van der Waals surface area contributed by atoms with Crippen molar-refractivity contribution >= 4 is 10.0 Å². The molecule has 0 fully saturated rings. The quantitative estimate of drug-likeness (QED) is 0.762.